The van der Waals surface area contributed by atoms with Gasteiger partial charge in [-0.1, -0.05) is 36.4 Å². The molecule has 76 valence electrons. The third-order valence-electron chi connectivity index (χ3n) is 2.21. The second-order valence-corrected chi connectivity index (χ2v) is 3.33. The van der Waals surface area contributed by atoms with Crippen molar-refractivity contribution >= 4 is 5.57 Å². The van der Waals surface area contributed by atoms with Gasteiger partial charge in [0, 0.05) is 6.04 Å². The van der Waals surface area contributed by atoms with E-state index in [4.69, 9.17) is 10.8 Å². The molecule has 0 saturated carbocycles. The quantitative estimate of drug-likeness (QED) is 0.762. The predicted molar refractivity (Wildman–Crippen MR) is 59.8 cm³/mol. The molecule has 2 heteroatoms. The van der Waals surface area contributed by atoms with Gasteiger partial charge in [-0.05, 0) is 24.5 Å². The average Bonchev–Trinajstić information content (AvgIpc) is 2.26. The summed E-state index contributed by atoms with van der Waals surface area (Å²) in [5.74, 6) is 0. The van der Waals surface area contributed by atoms with Crippen LogP contribution in [0.4, 0.5) is 0 Å². The van der Waals surface area contributed by atoms with Gasteiger partial charge in [-0.3, -0.25) is 0 Å². The molecule has 0 radical (unpaired) electrons. The minimum Gasteiger partial charge on any atom is -0.395 e. The molecule has 0 saturated heterocycles. The van der Waals surface area contributed by atoms with E-state index >= 15 is 0 Å². The fourth-order valence-electron chi connectivity index (χ4n) is 1.40. The van der Waals surface area contributed by atoms with E-state index in [-0.39, 0.29) is 12.6 Å². The number of aliphatic hydroxyl groups is 1. The summed E-state index contributed by atoms with van der Waals surface area (Å²) in [4.78, 5) is 0. The summed E-state index contributed by atoms with van der Waals surface area (Å²) < 4.78 is 0. The predicted octanol–water partition coefficient (Wildman–Crippen LogP) is 1.80. The maximum Gasteiger partial charge on any atom is 0.0585 e. The summed E-state index contributed by atoms with van der Waals surface area (Å²) in [6.07, 6.45) is 2.77. The van der Waals surface area contributed by atoms with E-state index in [1.165, 1.54) is 11.1 Å². The molecule has 1 unspecified atom stereocenters. The molecule has 0 spiro atoms. The zero-order valence-electron chi connectivity index (χ0n) is 8.48. The maximum atomic E-state index is 8.87. The second kappa shape index (κ2) is 5.58. The Bertz CT molecular complexity index is 292. The molecule has 3 N–H and O–H groups in total. The van der Waals surface area contributed by atoms with Gasteiger partial charge in [0.25, 0.3) is 0 Å². The minimum atomic E-state index is -0.165. The van der Waals surface area contributed by atoms with Gasteiger partial charge < -0.3 is 10.8 Å². The highest BCUT2D eigenvalue weighted by Gasteiger charge is 2.05. The lowest BCUT2D eigenvalue weighted by Crippen LogP contribution is -2.24. The first-order chi connectivity index (χ1) is 6.77. The molecule has 0 fully saturated rings. The summed E-state index contributed by atoms with van der Waals surface area (Å²) in [7, 11) is 0. The van der Waals surface area contributed by atoms with Gasteiger partial charge in [-0.25, -0.2) is 0 Å². The summed E-state index contributed by atoms with van der Waals surface area (Å²) in [6.45, 7) is 2.02. The van der Waals surface area contributed by atoms with E-state index in [0.29, 0.717) is 0 Å². The maximum absolute atomic E-state index is 8.87. The van der Waals surface area contributed by atoms with Crippen molar-refractivity contribution in [3.8, 4) is 0 Å². The number of allylic oxidation sites excluding steroid dienone is 1. The van der Waals surface area contributed by atoms with Crippen LogP contribution in [0.1, 0.15) is 18.9 Å². The van der Waals surface area contributed by atoms with E-state index in [0.717, 1.165) is 6.42 Å². The van der Waals surface area contributed by atoms with E-state index in [9.17, 15) is 0 Å². The number of rotatable bonds is 4. The van der Waals surface area contributed by atoms with E-state index in [1.807, 2.05) is 31.2 Å². The molecule has 0 aromatic heterocycles. The lowest BCUT2D eigenvalue weighted by molar-refractivity contribution is 0.267. The van der Waals surface area contributed by atoms with Gasteiger partial charge in [-0.2, -0.15) is 0 Å². The number of hydrogen-bond donors (Lipinski definition) is 2. The molecule has 0 aliphatic carbocycles. The molecule has 1 atom stereocenters. The Balaban J connectivity index is 2.74. The van der Waals surface area contributed by atoms with Crippen LogP contribution >= 0.6 is 0 Å². The number of hydrogen-bond acceptors (Lipinski definition) is 2. The van der Waals surface area contributed by atoms with Crippen LogP contribution in [0.15, 0.2) is 36.4 Å². The van der Waals surface area contributed by atoms with Gasteiger partial charge in [0.1, 0.15) is 0 Å². The summed E-state index contributed by atoms with van der Waals surface area (Å²) in [6, 6.07) is 9.94. The van der Waals surface area contributed by atoms with Crippen LogP contribution in [0.2, 0.25) is 0 Å². The fourth-order valence-corrected chi connectivity index (χ4v) is 1.40. The van der Waals surface area contributed by atoms with Crippen molar-refractivity contribution < 1.29 is 5.11 Å². The van der Waals surface area contributed by atoms with Crippen LogP contribution in [0, 0.1) is 0 Å². The standard InChI is InChI=1S/C12H17NO/c1-2-10(8-12(13)9-14)11-6-4-3-5-7-11/h2-7,12,14H,8-9,13H2,1H3/b10-2-. The largest absolute Gasteiger partial charge is 0.395 e. The first kappa shape index (κ1) is 11.0. The first-order valence-corrected chi connectivity index (χ1v) is 4.85. The Kier molecular flexibility index (Phi) is 4.36. The summed E-state index contributed by atoms with van der Waals surface area (Å²) >= 11 is 0. The van der Waals surface area contributed by atoms with Crippen LogP contribution < -0.4 is 5.73 Å². The lowest BCUT2D eigenvalue weighted by atomic mass is 9.99. The molecule has 1 aromatic carbocycles. The van der Waals surface area contributed by atoms with E-state index in [1.54, 1.807) is 0 Å². The Morgan fingerprint density at radius 1 is 1.43 bits per heavy atom. The number of nitrogens with two attached hydrogens (primary N) is 1. The molecule has 0 bridgehead atoms. The molecular formula is C12H17NO. The fraction of sp³-hybridized carbons (Fsp3) is 0.333. The zero-order chi connectivity index (χ0) is 10.4. The highest BCUT2D eigenvalue weighted by atomic mass is 16.3. The minimum absolute atomic E-state index is 0.0319. The lowest BCUT2D eigenvalue weighted by Gasteiger charge is -2.11. The van der Waals surface area contributed by atoms with Crippen molar-refractivity contribution in [1.29, 1.82) is 0 Å². The second-order valence-electron chi connectivity index (χ2n) is 3.33. The molecule has 0 amide bonds. The third kappa shape index (κ3) is 2.98. The number of benzene rings is 1. The molecule has 0 aliphatic rings. The highest BCUT2D eigenvalue weighted by Crippen LogP contribution is 2.18. The Hall–Kier alpha value is -1.12. The van der Waals surface area contributed by atoms with Crippen LogP contribution in [-0.2, 0) is 0 Å². The zero-order valence-corrected chi connectivity index (χ0v) is 8.48. The Morgan fingerprint density at radius 3 is 2.57 bits per heavy atom. The molecule has 1 rings (SSSR count). The van der Waals surface area contributed by atoms with Crippen molar-refractivity contribution in [2.45, 2.75) is 19.4 Å². The van der Waals surface area contributed by atoms with Crippen molar-refractivity contribution in [1.82, 2.24) is 0 Å². The highest BCUT2D eigenvalue weighted by molar-refractivity contribution is 5.65. The van der Waals surface area contributed by atoms with Gasteiger partial charge >= 0.3 is 0 Å². The summed E-state index contributed by atoms with van der Waals surface area (Å²) in [5.41, 5.74) is 8.06. The van der Waals surface area contributed by atoms with Gasteiger partial charge in [0.2, 0.25) is 0 Å². The van der Waals surface area contributed by atoms with Gasteiger partial charge in [0.15, 0.2) is 0 Å². The number of aliphatic hydroxyl groups excluding tert-OH is 1. The molecule has 0 heterocycles. The van der Waals surface area contributed by atoms with Crippen LogP contribution in [0.25, 0.3) is 5.57 Å². The Labute approximate surface area is 85.1 Å². The first-order valence-electron chi connectivity index (χ1n) is 4.85. The smallest absolute Gasteiger partial charge is 0.0585 e. The SMILES string of the molecule is C/C=C(/CC(N)CO)c1ccccc1. The summed E-state index contributed by atoms with van der Waals surface area (Å²) in [5, 5.41) is 8.87. The van der Waals surface area contributed by atoms with Crippen molar-refractivity contribution in [2.24, 2.45) is 5.73 Å². The topological polar surface area (TPSA) is 46.2 Å². The van der Waals surface area contributed by atoms with Crippen molar-refractivity contribution in [3.05, 3.63) is 42.0 Å². The third-order valence-corrected chi connectivity index (χ3v) is 2.21. The Morgan fingerprint density at radius 2 is 2.07 bits per heavy atom. The van der Waals surface area contributed by atoms with Crippen molar-refractivity contribution in [2.75, 3.05) is 6.61 Å². The van der Waals surface area contributed by atoms with Gasteiger partial charge in [0.05, 0.1) is 6.61 Å². The molecule has 0 aliphatic heterocycles. The normalized spacial score (nSPS) is 14.1. The van der Waals surface area contributed by atoms with Crippen LogP contribution in [0.3, 0.4) is 0 Å². The van der Waals surface area contributed by atoms with Crippen LogP contribution in [0.5, 0.6) is 0 Å². The van der Waals surface area contributed by atoms with Crippen LogP contribution in [-0.4, -0.2) is 17.8 Å². The molecular weight excluding hydrogens is 174 g/mol. The average molecular weight is 191 g/mol. The monoisotopic (exact) mass is 191 g/mol. The van der Waals surface area contributed by atoms with Gasteiger partial charge in [-0.15, -0.1) is 0 Å². The molecule has 14 heavy (non-hydrogen) atoms. The molecule has 1 aromatic rings. The van der Waals surface area contributed by atoms with E-state index < -0.39 is 0 Å². The molecule has 2 nitrogen and oxygen atoms in total. The van der Waals surface area contributed by atoms with Crippen molar-refractivity contribution in [3.63, 3.8) is 0 Å². The van der Waals surface area contributed by atoms with E-state index in [2.05, 4.69) is 12.1 Å².